The molecule has 0 amide bonds. The number of likely N-dealkylation sites (N-methyl/N-ethyl adjacent to an activating group) is 1. The highest BCUT2D eigenvalue weighted by Crippen LogP contribution is 2.19. The molecule has 130 valence electrons. The second kappa shape index (κ2) is 8.08. The van der Waals surface area contributed by atoms with Crippen molar-refractivity contribution in [2.24, 2.45) is 0 Å². The van der Waals surface area contributed by atoms with Crippen LogP contribution >= 0.6 is 0 Å². The molecular formula is C20H20N6. The molecule has 6 nitrogen and oxygen atoms in total. The maximum atomic E-state index is 9.03. The van der Waals surface area contributed by atoms with Crippen LogP contribution in [-0.2, 0) is 6.42 Å². The van der Waals surface area contributed by atoms with E-state index in [0.717, 1.165) is 24.3 Å². The number of hydrogen-bond acceptors (Lipinski definition) is 6. The highest BCUT2D eigenvalue weighted by Gasteiger charge is 2.08. The van der Waals surface area contributed by atoms with Crippen molar-refractivity contribution in [3.8, 4) is 6.07 Å². The first-order valence-corrected chi connectivity index (χ1v) is 8.37. The van der Waals surface area contributed by atoms with Gasteiger partial charge in [0.05, 0.1) is 11.6 Å². The van der Waals surface area contributed by atoms with E-state index in [0.29, 0.717) is 17.3 Å². The van der Waals surface area contributed by atoms with E-state index in [1.807, 2.05) is 49.2 Å². The van der Waals surface area contributed by atoms with E-state index in [4.69, 9.17) is 5.26 Å². The molecule has 1 aromatic carbocycles. The van der Waals surface area contributed by atoms with Gasteiger partial charge in [0.2, 0.25) is 5.95 Å². The van der Waals surface area contributed by atoms with Crippen molar-refractivity contribution in [1.82, 2.24) is 15.0 Å². The van der Waals surface area contributed by atoms with Crippen LogP contribution in [0.5, 0.6) is 0 Å². The number of hydrogen-bond donors (Lipinski definition) is 1. The molecule has 0 saturated heterocycles. The van der Waals surface area contributed by atoms with Crippen LogP contribution in [0, 0.1) is 18.3 Å². The van der Waals surface area contributed by atoms with Crippen molar-refractivity contribution in [3.63, 3.8) is 0 Å². The lowest BCUT2D eigenvalue weighted by atomic mass is 10.2. The highest BCUT2D eigenvalue weighted by atomic mass is 15.2. The first-order chi connectivity index (χ1) is 12.6. The largest absolute Gasteiger partial charge is 0.343 e. The van der Waals surface area contributed by atoms with E-state index >= 15 is 0 Å². The van der Waals surface area contributed by atoms with Gasteiger partial charge in [-0.2, -0.15) is 10.2 Å². The number of pyridine rings is 1. The summed E-state index contributed by atoms with van der Waals surface area (Å²) in [5, 5.41) is 12.3. The van der Waals surface area contributed by atoms with Gasteiger partial charge in [0, 0.05) is 43.4 Å². The van der Waals surface area contributed by atoms with Gasteiger partial charge in [-0.3, -0.25) is 4.98 Å². The fraction of sp³-hybridized carbons (Fsp3) is 0.200. The van der Waals surface area contributed by atoms with Crippen LogP contribution in [0.1, 0.15) is 16.8 Å². The molecule has 0 aliphatic heterocycles. The predicted molar refractivity (Wildman–Crippen MR) is 102 cm³/mol. The number of rotatable bonds is 6. The number of nitrogens with zero attached hydrogens (tertiary/aromatic N) is 5. The molecule has 1 N–H and O–H groups in total. The van der Waals surface area contributed by atoms with Gasteiger partial charge in [0.25, 0.3) is 0 Å². The molecule has 6 heteroatoms. The third-order valence-electron chi connectivity index (χ3n) is 3.93. The third-order valence-corrected chi connectivity index (χ3v) is 3.93. The summed E-state index contributed by atoms with van der Waals surface area (Å²) in [6, 6.07) is 15.4. The Bertz CT molecular complexity index is 917. The number of aryl methyl sites for hydroxylation is 1. The Kier molecular flexibility index (Phi) is 5.40. The van der Waals surface area contributed by atoms with Gasteiger partial charge in [-0.25, -0.2) is 4.98 Å². The zero-order chi connectivity index (χ0) is 18.4. The lowest BCUT2D eigenvalue weighted by Gasteiger charge is -2.18. The zero-order valence-electron chi connectivity index (χ0n) is 14.8. The summed E-state index contributed by atoms with van der Waals surface area (Å²) in [5.74, 6) is 1.37. The van der Waals surface area contributed by atoms with Crippen LogP contribution in [0.4, 0.5) is 17.5 Å². The minimum absolute atomic E-state index is 0.607. The first kappa shape index (κ1) is 17.4. The van der Waals surface area contributed by atoms with Crippen LogP contribution in [-0.4, -0.2) is 28.5 Å². The van der Waals surface area contributed by atoms with Crippen LogP contribution in [0.3, 0.4) is 0 Å². The summed E-state index contributed by atoms with van der Waals surface area (Å²) in [6.07, 6.45) is 4.50. The Morgan fingerprint density at radius 3 is 2.69 bits per heavy atom. The normalized spacial score (nSPS) is 10.2. The number of benzene rings is 1. The average Bonchev–Trinajstić information content (AvgIpc) is 2.66. The third kappa shape index (κ3) is 4.54. The molecule has 0 atom stereocenters. The number of nitrogens with one attached hydrogen (secondary N) is 1. The van der Waals surface area contributed by atoms with Crippen molar-refractivity contribution in [2.45, 2.75) is 13.3 Å². The molecule has 3 aromatic rings. The molecule has 2 aromatic heterocycles. The topological polar surface area (TPSA) is 77.7 Å². The Morgan fingerprint density at radius 1 is 1.12 bits per heavy atom. The molecule has 0 bridgehead atoms. The molecule has 0 fully saturated rings. The second-order valence-corrected chi connectivity index (χ2v) is 6.04. The fourth-order valence-electron chi connectivity index (χ4n) is 2.55. The number of nitriles is 1. The smallest absolute Gasteiger partial charge is 0.227 e. The van der Waals surface area contributed by atoms with Gasteiger partial charge in [-0.15, -0.1) is 0 Å². The Hall–Kier alpha value is -3.46. The molecule has 0 saturated carbocycles. The maximum absolute atomic E-state index is 9.03. The summed E-state index contributed by atoms with van der Waals surface area (Å²) < 4.78 is 0. The molecular weight excluding hydrogens is 324 g/mol. The van der Waals surface area contributed by atoms with E-state index in [2.05, 4.69) is 26.3 Å². The summed E-state index contributed by atoms with van der Waals surface area (Å²) in [6.45, 7) is 2.75. The molecule has 0 unspecified atom stereocenters. The molecule has 0 aliphatic carbocycles. The van der Waals surface area contributed by atoms with Crippen molar-refractivity contribution in [2.75, 3.05) is 23.8 Å². The Labute approximate surface area is 153 Å². The zero-order valence-corrected chi connectivity index (χ0v) is 14.8. The minimum Gasteiger partial charge on any atom is -0.343 e. The second-order valence-electron chi connectivity index (χ2n) is 6.04. The van der Waals surface area contributed by atoms with Crippen LogP contribution in [0.2, 0.25) is 0 Å². The average molecular weight is 344 g/mol. The lowest BCUT2D eigenvalue weighted by molar-refractivity contribution is 0.833. The molecule has 2 heterocycles. The van der Waals surface area contributed by atoms with Crippen molar-refractivity contribution < 1.29 is 0 Å². The maximum Gasteiger partial charge on any atom is 0.227 e. The van der Waals surface area contributed by atoms with Crippen LogP contribution in [0.15, 0.2) is 54.9 Å². The minimum atomic E-state index is 0.607. The van der Waals surface area contributed by atoms with Gasteiger partial charge < -0.3 is 10.2 Å². The lowest BCUT2D eigenvalue weighted by Crippen LogP contribution is -2.23. The molecule has 0 spiro atoms. The van der Waals surface area contributed by atoms with Crippen LogP contribution in [0.25, 0.3) is 0 Å². The van der Waals surface area contributed by atoms with E-state index in [1.54, 1.807) is 24.5 Å². The number of anilines is 3. The van der Waals surface area contributed by atoms with Crippen molar-refractivity contribution in [3.05, 3.63) is 71.7 Å². The van der Waals surface area contributed by atoms with Gasteiger partial charge in [0.15, 0.2) is 0 Å². The first-order valence-electron chi connectivity index (χ1n) is 8.37. The Balaban J connectivity index is 1.73. The van der Waals surface area contributed by atoms with E-state index in [-0.39, 0.29) is 0 Å². The van der Waals surface area contributed by atoms with Crippen LogP contribution < -0.4 is 10.2 Å². The summed E-state index contributed by atoms with van der Waals surface area (Å²) in [5.41, 5.74) is 3.54. The Morgan fingerprint density at radius 2 is 1.92 bits per heavy atom. The van der Waals surface area contributed by atoms with Crippen molar-refractivity contribution in [1.29, 1.82) is 5.26 Å². The molecule has 0 aliphatic rings. The monoisotopic (exact) mass is 344 g/mol. The van der Waals surface area contributed by atoms with E-state index in [1.165, 1.54) is 5.56 Å². The standard InChI is InChI=1S/C20H20N6/c1-15-12-19(24-18-5-3-4-17(13-18)14-21)25-20(23-15)26(2)11-8-16-6-9-22-10-7-16/h3-7,9-10,12-13H,8,11H2,1-2H3,(H,23,24,25). The summed E-state index contributed by atoms with van der Waals surface area (Å²) in [7, 11) is 1.98. The van der Waals surface area contributed by atoms with E-state index in [9.17, 15) is 0 Å². The number of aromatic nitrogens is 3. The summed E-state index contributed by atoms with van der Waals surface area (Å²) in [4.78, 5) is 15.2. The van der Waals surface area contributed by atoms with Gasteiger partial charge in [0.1, 0.15) is 5.82 Å². The quantitative estimate of drug-likeness (QED) is 0.738. The molecule has 3 rings (SSSR count). The highest BCUT2D eigenvalue weighted by molar-refractivity contribution is 5.59. The fourth-order valence-corrected chi connectivity index (χ4v) is 2.55. The van der Waals surface area contributed by atoms with Gasteiger partial charge >= 0.3 is 0 Å². The van der Waals surface area contributed by atoms with Gasteiger partial charge in [-0.05, 0) is 49.2 Å². The van der Waals surface area contributed by atoms with E-state index < -0.39 is 0 Å². The molecule has 0 radical (unpaired) electrons. The summed E-state index contributed by atoms with van der Waals surface area (Å²) >= 11 is 0. The predicted octanol–water partition coefficient (Wildman–Crippen LogP) is 3.47. The SMILES string of the molecule is Cc1cc(Nc2cccc(C#N)c2)nc(N(C)CCc2ccncc2)n1. The van der Waals surface area contributed by atoms with Crippen molar-refractivity contribution >= 4 is 17.5 Å². The van der Waals surface area contributed by atoms with Gasteiger partial charge in [-0.1, -0.05) is 6.07 Å². The molecule has 26 heavy (non-hydrogen) atoms.